The highest BCUT2D eigenvalue weighted by atomic mass is 16.8. The zero-order valence-electron chi connectivity index (χ0n) is 8.61. The summed E-state index contributed by atoms with van der Waals surface area (Å²) < 4.78 is 16.3. The largest absolute Gasteiger partial charge is 0.393 e. The molecule has 14 heavy (non-hydrogen) atoms. The van der Waals surface area contributed by atoms with Crippen molar-refractivity contribution in [2.45, 2.75) is 44.1 Å². The maximum absolute atomic E-state index is 9.85. The van der Waals surface area contributed by atoms with E-state index in [1.165, 1.54) is 6.92 Å². The minimum atomic E-state index is -1.39. The lowest BCUT2D eigenvalue weighted by molar-refractivity contribution is -0.254. The van der Waals surface area contributed by atoms with Crippen LogP contribution in [-0.2, 0) is 14.2 Å². The smallest absolute Gasteiger partial charge is 0.192 e. The van der Waals surface area contributed by atoms with Crippen LogP contribution in [0.2, 0.25) is 0 Å². The molecule has 0 radical (unpaired) electrons. The standard InChI is InChI=1S/C9H16O5/c1-7(2)13-6-8(3,11)12-5-9(6,4-10)14-7/h6,10-11H,4-5H2,1-3H3/t6-,8+,9+/m1/s1. The fraction of sp³-hybridized carbons (Fsp3) is 1.00. The quantitative estimate of drug-likeness (QED) is 0.608. The molecule has 2 aliphatic rings. The van der Waals surface area contributed by atoms with Crippen LogP contribution in [0.5, 0.6) is 0 Å². The van der Waals surface area contributed by atoms with E-state index in [0.717, 1.165) is 0 Å². The maximum atomic E-state index is 9.85. The van der Waals surface area contributed by atoms with Crippen LogP contribution in [0.15, 0.2) is 0 Å². The van der Waals surface area contributed by atoms with Gasteiger partial charge in [-0.05, 0) is 20.8 Å². The average Bonchev–Trinajstić information content (AvgIpc) is 2.46. The van der Waals surface area contributed by atoms with Gasteiger partial charge < -0.3 is 24.4 Å². The Kier molecular flexibility index (Phi) is 1.97. The summed E-state index contributed by atoms with van der Waals surface area (Å²) in [6.07, 6.45) is -0.644. The van der Waals surface area contributed by atoms with Crippen molar-refractivity contribution < 1.29 is 24.4 Å². The first-order valence-corrected chi connectivity index (χ1v) is 4.67. The molecule has 0 amide bonds. The molecule has 0 aliphatic carbocycles. The molecule has 5 heteroatoms. The molecule has 2 fully saturated rings. The topological polar surface area (TPSA) is 68.2 Å². The summed E-state index contributed by atoms with van der Waals surface area (Å²) in [7, 11) is 0. The maximum Gasteiger partial charge on any atom is 0.192 e. The van der Waals surface area contributed by atoms with E-state index in [0.29, 0.717) is 0 Å². The van der Waals surface area contributed by atoms with Crippen molar-refractivity contribution in [3.05, 3.63) is 0 Å². The molecule has 2 saturated heterocycles. The fourth-order valence-electron chi connectivity index (χ4n) is 2.17. The first kappa shape index (κ1) is 10.3. The van der Waals surface area contributed by atoms with Gasteiger partial charge in [0.05, 0.1) is 13.2 Å². The van der Waals surface area contributed by atoms with E-state index in [4.69, 9.17) is 14.2 Å². The molecule has 2 rings (SSSR count). The minimum absolute atomic E-state index is 0.143. The van der Waals surface area contributed by atoms with Gasteiger partial charge in [0.15, 0.2) is 11.6 Å². The number of aliphatic hydroxyl groups is 2. The van der Waals surface area contributed by atoms with Gasteiger partial charge in [-0.3, -0.25) is 0 Å². The van der Waals surface area contributed by atoms with Gasteiger partial charge in [-0.15, -0.1) is 0 Å². The Morgan fingerprint density at radius 1 is 1.36 bits per heavy atom. The Morgan fingerprint density at radius 3 is 2.50 bits per heavy atom. The molecule has 3 atom stereocenters. The van der Waals surface area contributed by atoms with E-state index in [9.17, 15) is 10.2 Å². The van der Waals surface area contributed by atoms with E-state index >= 15 is 0 Å². The SMILES string of the molecule is CC1(C)O[C@H]2[C@](CO)(CO[C@]2(C)O)O1. The predicted octanol–water partition coefficient (Wildman–Crippen LogP) is -0.392. The highest BCUT2D eigenvalue weighted by Gasteiger charge is 2.65. The van der Waals surface area contributed by atoms with Crippen LogP contribution in [0.4, 0.5) is 0 Å². The third-order valence-corrected chi connectivity index (χ3v) is 2.69. The molecule has 0 unspecified atom stereocenters. The lowest BCUT2D eigenvalue weighted by Gasteiger charge is -2.25. The van der Waals surface area contributed by atoms with Crippen molar-refractivity contribution in [2.24, 2.45) is 0 Å². The molecule has 2 heterocycles. The van der Waals surface area contributed by atoms with Gasteiger partial charge in [-0.1, -0.05) is 0 Å². The van der Waals surface area contributed by atoms with Crippen molar-refractivity contribution in [3.63, 3.8) is 0 Å². The summed E-state index contributed by atoms with van der Waals surface area (Å²) in [4.78, 5) is 0. The summed E-state index contributed by atoms with van der Waals surface area (Å²) in [5, 5.41) is 19.2. The number of ether oxygens (including phenoxy) is 3. The molecule has 0 aromatic carbocycles. The number of fused-ring (bicyclic) bond motifs is 1. The fourth-order valence-corrected chi connectivity index (χ4v) is 2.17. The molecule has 0 bridgehead atoms. The van der Waals surface area contributed by atoms with Gasteiger partial charge in [0.2, 0.25) is 0 Å². The second-order valence-electron chi connectivity index (χ2n) is 4.57. The molecule has 2 aliphatic heterocycles. The second kappa shape index (κ2) is 2.68. The van der Waals surface area contributed by atoms with Crippen molar-refractivity contribution >= 4 is 0 Å². The molecule has 2 N–H and O–H groups in total. The van der Waals surface area contributed by atoms with Gasteiger partial charge in [0.25, 0.3) is 0 Å². The Morgan fingerprint density at radius 2 is 2.00 bits per heavy atom. The third-order valence-electron chi connectivity index (χ3n) is 2.69. The second-order valence-corrected chi connectivity index (χ2v) is 4.57. The van der Waals surface area contributed by atoms with Crippen molar-refractivity contribution in [1.29, 1.82) is 0 Å². The van der Waals surface area contributed by atoms with Gasteiger partial charge in [0, 0.05) is 0 Å². The number of hydrogen-bond donors (Lipinski definition) is 2. The zero-order chi connectivity index (χ0) is 10.6. The monoisotopic (exact) mass is 204 g/mol. The van der Waals surface area contributed by atoms with E-state index in [2.05, 4.69) is 0 Å². The van der Waals surface area contributed by atoms with Crippen molar-refractivity contribution in [2.75, 3.05) is 13.2 Å². The van der Waals surface area contributed by atoms with Gasteiger partial charge in [-0.2, -0.15) is 0 Å². The van der Waals surface area contributed by atoms with Crippen LogP contribution in [0.1, 0.15) is 20.8 Å². The van der Waals surface area contributed by atoms with Crippen LogP contribution < -0.4 is 0 Å². The summed E-state index contributed by atoms with van der Waals surface area (Å²) in [6.45, 7) is 4.93. The first-order valence-electron chi connectivity index (χ1n) is 4.67. The van der Waals surface area contributed by atoms with Crippen LogP contribution in [0.25, 0.3) is 0 Å². The van der Waals surface area contributed by atoms with Gasteiger partial charge in [0.1, 0.15) is 11.7 Å². The van der Waals surface area contributed by atoms with Crippen molar-refractivity contribution in [1.82, 2.24) is 0 Å². The van der Waals surface area contributed by atoms with E-state index < -0.39 is 23.3 Å². The zero-order valence-corrected chi connectivity index (χ0v) is 8.61. The lowest BCUT2D eigenvalue weighted by Crippen LogP contribution is -2.48. The van der Waals surface area contributed by atoms with Crippen LogP contribution in [0.3, 0.4) is 0 Å². The van der Waals surface area contributed by atoms with Crippen LogP contribution >= 0.6 is 0 Å². The molecular formula is C9H16O5. The highest BCUT2D eigenvalue weighted by molar-refractivity contribution is 5.06. The van der Waals surface area contributed by atoms with E-state index in [1.54, 1.807) is 13.8 Å². The van der Waals surface area contributed by atoms with E-state index in [-0.39, 0.29) is 13.2 Å². The summed E-state index contributed by atoms with van der Waals surface area (Å²) in [5.74, 6) is -2.18. The average molecular weight is 204 g/mol. The Hall–Kier alpha value is -0.200. The molecular weight excluding hydrogens is 188 g/mol. The Bertz CT molecular complexity index is 250. The van der Waals surface area contributed by atoms with Gasteiger partial charge in [-0.25, -0.2) is 0 Å². The molecule has 0 saturated carbocycles. The Balaban J connectivity index is 2.31. The first-order chi connectivity index (χ1) is 6.31. The summed E-state index contributed by atoms with van der Waals surface area (Å²) in [5.41, 5.74) is -0.924. The molecule has 0 aromatic heterocycles. The van der Waals surface area contributed by atoms with Crippen molar-refractivity contribution in [3.8, 4) is 0 Å². The summed E-state index contributed by atoms with van der Waals surface area (Å²) >= 11 is 0. The number of hydrogen-bond acceptors (Lipinski definition) is 5. The minimum Gasteiger partial charge on any atom is -0.393 e. The highest BCUT2D eigenvalue weighted by Crippen LogP contribution is 2.46. The predicted molar refractivity (Wildman–Crippen MR) is 46.4 cm³/mol. The molecule has 0 spiro atoms. The summed E-state index contributed by atoms with van der Waals surface area (Å²) in [6, 6.07) is 0. The van der Waals surface area contributed by atoms with E-state index in [1.807, 2.05) is 0 Å². The third kappa shape index (κ3) is 1.28. The number of rotatable bonds is 1. The molecule has 82 valence electrons. The molecule has 5 nitrogen and oxygen atoms in total. The van der Waals surface area contributed by atoms with Crippen LogP contribution in [-0.4, -0.2) is 46.7 Å². The normalized spacial score (nSPS) is 50.8. The van der Waals surface area contributed by atoms with Crippen LogP contribution in [0, 0.1) is 0 Å². The lowest BCUT2D eigenvalue weighted by atomic mass is 9.96. The number of aliphatic hydroxyl groups excluding tert-OH is 1. The van der Waals surface area contributed by atoms with Gasteiger partial charge >= 0.3 is 0 Å². The molecule has 0 aromatic rings. The Labute approximate surface area is 82.6 Å².